The molecule has 0 atom stereocenters. The van der Waals surface area contributed by atoms with Gasteiger partial charge in [0.25, 0.3) is 5.56 Å². The molecule has 0 aliphatic heterocycles. The first-order chi connectivity index (χ1) is 5.54. The van der Waals surface area contributed by atoms with Gasteiger partial charge in [0, 0.05) is 6.04 Å². The van der Waals surface area contributed by atoms with Gasteiger partial charge in [0.1, 0.15) is 5.15 Å². The lowest BCUT2D eigenvalue weighted by atomic mass is 10.3. The van der Waals surface area contributed by atoms with E-state index < -0.39 is 0 Å². The van der Waals surface area contributed by atoms with Crippen LogP contribution >= 0.6 is 11.6 Å². The van der Waals surface area contributed by atoms with Gasteiger partial charge in [-0.1, -0.05) is 11.6 Å². The molecule has 4 heteroatoms. The molecular weight excluding hydrogens is 176 g/mol. The molecule has 1 aromatic rings. The van der Waals surface area contributed by atoms with Gasteiger partial charge < -0.3 is 0 Å². The maximum Gasteiger partial charge on any atom is 0.257 e. The van der Waals surface area contributed by atoms with E-state index in [0.717, 1.165) is 0 Å². The molecule has 0 amide bonds. The van der Waals surface area contributed by atoms with Crippen molar-refractivity contribution in [3.8, 4) is 0 Å². The third-order valence-corrected chi connectivity index (χ3v) is 2.10. The number of hydrogen-bond donors (Lipinski definition) is 0. The number of hydrogen-bond acceptors (Lipinski definition) is 2. The molecule has 12 heavy (non-hydrogen) atoms. The van der Waals surface area contributed by atoms with Crippen LogP contribution < -0.4 is 5.56 Å². The highest BCUT2D eigenvalue weighted by Gasteiger charge is 2.06. The molecule has 0 aliphatic rings. The Morgan fingerprint density at radius 1 is 1.58 bits per heavy atom. The Kier molecular flexibility index (Phi) is 2.52. The van der Waals surface area contributed by atoms with Gasteiger partial charge >= 0.3 is 0 Å². The molecule has 1 heterocycles. The maximum absolute atomic E-state index is 11.5. The van der Waals surface area contributed by atoms with E-state index in [1.54, 1.807) is 11.5 Å². The number of halogens is 1. The van der Waals surface area contributed by atoms with Crippen molar-refractivity contribution in [1.82, 2.24) is 9.55 Å². The lowest BCUT2D eigenvalue weighted by Gasteiger charge is -2.09. The molecule has 0 spiro atoms. The Balaban J connectivity index is 3.37. The second kappa shape index (κ2) is 3.27. The highest BCUT2D eigenvalue weighted by atomic mass is 35.5. The van der Waals surface area contributed by atoms with Crippen molar-refractivity contribution < 1.29 is 0 Å². The first-order valence-corrected chi connectivity index (χ1v) is 4.15. The first-order valence-electron chi connectivity index (χ1n) is 3.77. The molecule has 0 unspecified atom stereocenters. The standard InChI is InChI=1S/C8H11ClN2O/c1-5(2)11-4-10-7(9)6(3)8(11)12/h4-5H,1-3H3. The molecule has 0 radical (unpaired) electrons. The molecule has 0 bridgehead atoms. The fourth-order valence-corrected chi connectivity index (χ4v) is 1.04. The summed E-state index contributed by atoms with van der Waals surface area (Å²) in [6, 6.07) is 0.126. The summed E-state index contributed by atoms with van der Waals surface area (Å²) in [6.07, 6.45) is 1.47. The second-order valence-electron chi connectivity index (χ2n) is 2.97. The fourth-order valence-electron chi connectivity index (χ4n) is 0.912. The second-order valence-corrected chi connectivity index (χ2v) is 3.32. The molecule has 0 aliphatic carbocycles. The lowest BCUT2D eigenvalue weighted by Crippen LogP contribution is -2.24. The van der Waals surface area contributed by atoms with Crippen molar-refractivity contribution in [1.29, 1.82) is 0 Å². The smallest absolute Gasteiger partial charge is 0.257 e. The summed E-state index contributed by atoms with van der Waals surface area (Å²) in [5.74, 6) is 0. The van der Waals surface area contributed by atoms with E-state index in [1.165, 1.54) is 6.33 Å². The Morgan fingerprint density at radius 2 is 2.17 bits per heavy atom. The van der Waals surface area contributed by atoms with Crippen LogP contribution in [-0.4, -0.2) is 9.55 Å². The highest BCUT2D eigenvalue weighted by Crippen LogP contribution is 2.07. The first kappa shape index (κ1) is 9.26. The van der Waals surface area contributed by atoms with E-state index in [4.69, 9.17) is 11.6 Å². The quantitative estimate of drug-likeness (QED) is 0.627. The van der Waals surface area contributed by atoms with E-state index in [9.17, 15) is 4.79 Å². The largest absolute Gasteiger partial charge is 0.296 e. The van der Waals surface area contributed by atoms with Crippen LogP contribution in [0.2, 0.25) is 5.15 Å². The monoisotopic (exact) mass is 186 g/mol. The summed E-state index contributed by atoms with van der Waals surface area (Å²) >= 11 is 5.67. The van der Waals surface area contributed by atoms with Gasteiger partial charge in [-0.05, 0) is 20.8 Å². The van der Waals surface area contributed by atoms with Gasteiger partial charge in [0.15, 0.2) is 0 Å². The van der Waals surface area contributed by atoms with Crippen LogP contribution in [0.25, 0.3) is 0 Å². The molecule has 0 N–H and O–H groups in total. The van der Waals surface area contributed by atoms with Gasteiger partial charge in [-0.2, -0.15) is 0 Å². The maximum atomic E-state index is 11.5. The zero-order chi connectivity index (χ0) is 9.30. The van der Waals surface area contributed by atoms with E-state index in [2.05, 4.69) is 4.98 Å². The molecule has 1 aromatic heterocycles. The average molecular weight is 187 g/mol. The Labute approximate surface area is 76.0 Å². The fraction of sp³-hybridized carbons (Fsp3) is 0.500. The Bertz CT molecular complexity index is 343. The molecule has 0 fully saturated rings. The molecule has 0 aromatic carbocycles. The minimum atomic E-state index is -0.0648. The van der Waals surface area contributed by atoms with Crippen LogP contribution in [0.4, 0.5) is 0 Å². The van der Waals surface area contributed by atoms with Crippen molar-refractivity contribution in [2.24, 2.45) is 0 Å². The Hall–Kier alpha value is -0.830. The van der Waals surface area contributed by atoms with E-state index in [-0.39, 0.29) is 16.8 Å². The van der Waals surface area contributed by atoms with Crippen molar-refractivity contribution in [3.63, 3.8) is 0 Å². The van der Waals surface area contributed by atoms with E-state index >= 15 is 0 Å². The van der Waals surface area contributed by atoms with Crippen LogP contribution in [0.5, 0.6) is 0 Å². The zero-order valence-electron chi connectivity index (χ0n) is 7.34. The van der Waals surface area contributed by atoms with Crippen LogP contribution in [0.1, 0.15) is 25.5 Å². The normalized spacial score (nSPS) is 10.8. The van der Waals surface area contributed by atoms with Crippen molar-refractivity contribution >= 4 is 11.6 Å². The third kappa shape index (κ3) is 1.50. The molecule has 0 saturated carbocycles. The summed E-state index contributed by atoms with van der Waals surface area (Å²) < 4.78 is 1.56. The van der Waals surface area contributed by atoms with Crippen LogP contribution in [0.15, 0.2) is 11.1 Å². The van der Waals surface area contributed by atoms with Crippen LogP contribution in [0.3, 0.4) is 0 Å². The molecule has 66 valence electrons. The van der Waals surface area contributed by atoms with E-state index in [1.807, 2.05) is 13.8 Å². The molecular formula is C8H11ClN2O. The topological polar surface area (TPSA) is 34.9 Å². The van der Waals surface area contributed by atoms with Crippen LogP contribution in [0, 0.1) is 6.92 Å². The Morgan fingerprint density at radius 3 is 2.67 bits per heavy atom. The average Bonchev–Trinajstić information content (AvgIpc) is 2.00. The third-order valence-electron chi connectivity index (χ3n) is 1.72. The molecule has 0 saturated heterocycles. The molecule has 1 rings (SSSR count). The summed E-state index contributed by atoms with van der Waals surface area (Å²) in [5, 5.41) is 0.289. The predicted molar refractivity (Wildman–Crippen MR) is 48.6 cm³/mol. The predicted octanol–water partition coefficient (Wildman–Crippen LogP) is 1.79. The number of rotatable bonds is 1. The van der Waals surface area contributed by atoms with Crippen LogP contribution in [-0.2, 0) is 0 Å². The SMILES string of the molecule is Cc1c(Cl)ncn(C(C)C)c1=O. The van der Waals surface area contributed by atoms with Gasteiger partial charge in [0.2, 0.25) is 0 Å². The summed E-state index contributed by atoms with van der Waals surface area (Å²) in [4.78, 5) is 15.4. The number of nitrogens with zero attached hydrogens (tertiary/aromatic N) is 2. The number of aromatic nitrogens is 2. The lowest BCUT2D eigenvalue weighted by molar-refractivity contribution is 0.564. The van der Waals surface area contributed by atoms with Crippen molar-refractivity contribution in [2.45, 2.75) is 26.8 Å². The van der Waals surface area contributed by atoms with Crippen molar-refractivity contribution in [3.05, 3.63) is 27.4 Å². The van der Waals surface area contributed by atoms with E-state index in [0.29, 0.717) is 5.56 Å². The summed E-state index contributed by atoms with van der Waals surface area (Å²) in [6.45, 7) is 5.53. The van der Waals surface area contributed by atoms with Crippen molar-refractivity contribution in [2.75, 3.05) is 0 Å². The minimum Gasteiger partial charge on any atom is -0.296 e. The van der Waals surface area contributed by atoms with Gasteiger partial charge in [-0.3, -0.25) is 9.36 Å². The summed E-state index contributed by atoms with van der Waals surface area (Å²) in [5.41, 5.74) is 0.442. The highest BCUT2D eigenvalue weighted by molar-refractivity contribution is 6.30. The zero-order valence-corrected chi connectivity index (χ0v) is 8.09. The van der Waals surface area contributed by atoms with Gasteiger partial charge in [-0.25, -0.2) is 4.98 Å². The molecule has 3 nitrogen and oxygen atoms in total. The van der Waals surface area contributed by atoms with Gasteiger partial charge in [0.05, 0.1) is 11.9 Å². The summed E-state index contributed by atoms with van der Waals surface area (Å²) in [7, 11) is 0. The van der Waals surface area contributed by atoms with Gasteiger partial charge in [-0.15, -0.1) is 0 Å². The minimum absolute atomic E-state index is 0.0648.